The molecule has 0 spiro atoms. The lowest BCUT2D eigenvalue weighted by molar-refractivity contribution is -0.385. The van der Waals surface area contributed by atoms with Gasteiger partial charge in [0.25, 0.3) is 5.69 Å². The minimum absolute atomic E-state index is 0. The highest BCUT2D eigenvalue weighted by Gasteiger charge is 2.24. The molecule has 1 heterocycles. The molecule has 20 heavy (non-hydrogen) atoms. The van der Waals surface area contributed by atoms with E-state index in [-0.39, 0.29) is 23.0 Å². The quantitative estimate of drug-likeness (QED) is 0.669. The molecule has 1 atom stereocenters. The number of nitrogens with one attached hydrogen (secondary N) is 1. The third-order valence-electron chi connectivity index (χ3n) is 3.50. The van der Waals surface area contributed by atoms with Crippen LogP contribution in [-0.4, -0.2) is 36.5 Å². The number of nitro groups is 1. The molecule has 0 radical (unpaired) electrons. The van der Waals surface area contributed by atoms with Crippen LogP contribution in [0.5, 0.6) is 0 Å². The van der Waals surface area contributed by atoms with Crippen LogP contribution in [0.1, 0.15) is 12.0 Å². The Morgan fingerprint density at radius 3 is 2.95 bits per heavy atom. The molecule has 0 aliphatic carbocycles. The van der Waals surface area contributed by atoms with Crippen molar-refractivity contribution in [1.29, 1.82) is 0 Å². The molecule has 1 unspecified atom stereocenters. The van der Waals surface area contributed by atoms with Gasteiger partial charge in [-0.05, 0) is 44.6 Å². The number of halogens is 2. The first-order chi connectivity index (χ1) is 9.10. The first-order valence-corrected chi connectivity index (χ1v) is 6.77. The van der Waals surface area contributed by atoms with Gasteiger partial charge in [0.15, 0.2) is 0 Å². The molecule has 0 aromatic heterocycles. The molecule has 112 valence electrons. The molecule has 2 rings (SSSR count). The normalized spacial score (nSPS) is 18.8. The Morgan fingerprint density at radius 2 is 2.30 bits per heavy atom. The monoisotopic (exact) mass is 319 g/mol. The van der Waals surface area contributed by atoms with Crippen LogP contribution in [0.25, 0.3) is 0 Å². The van der Waals surface area contributed by atoms with Crippen molar-refractivity contribution < 1.29 is 4.92 Å². The standard InChI is InChI=1S/C13H18ClN3O2.ClH/c1-15-7-10-4-5-16(8-10)9-11-2-3-12(14)6-13(11)17(18)19;/h2-3,6,10,15H,4-5,7-9H2,1H3;1H. The molecule has 0 bridgehead atoms. The summed E-state index contributed by atoms with van der Waals surface area (Å²) in [6, 6.07) is 4.90. The van der Waals surface area contributed by atoms with Crippen molar-refractivity contribution in [2.24, 2.45) is 5.92 Å². The highest BCUT2D eigenvalue weighted by Crippen LogP contribution is 2.26. The predicted octanol–water partition coefficient (Wildman–Crippen LogP) is 2.71. The maximum Gasteiger partial charge on any atom is 0.275 e. The Kier molecular flexibility index (Phi) is 6.68. The van der Waals surface area contributed by atoms with Crippen LogP contribution >= 0.6 is 24.0 Å². The summed E-state index contributed by atoms with van der Waals surface area (Å²) in [5, 5.41) is 14.6. The maximum atomic E-state index is 11.0. The second-order valence-corrected chi connectivity index (χ2v) is 5.41. The van der Waals surface area contributed by atoms with Crippen LogP contribution in [0, 0.1) is 16.0 Å². The van der Waals surface area contributed by atoms with Gasteiger partial charge in [-0.1, -0.05) is 11.6 Å². The lowest BCUT2D eigenvalue weighted by Gasteiger charge is -2.16. The van der Waals surface area contributed by atoms with Crippen molar-refractivity contribution in [2.75, 3.05) is 26.7 Å². The highest BCUT2D eigenvalue weighted by atomic mass is 35.5. The summed E-state index contributed by atoms with van der Waals surface area (Å²) in [7, 11) is 1.95. The molecule has 1 aliphatic rings. The van der Waals surface area contributed by atoms with Gasteiger partial charge in [-0.25, -0.2) is 0 Å². The lowest BCUT2D eigenvalue weighted by atomic mass is 10.1. The molecule has 7 heteroatoms. The van der Waals surface area contributed by atoms with E-state index in [4.69, 9.17) is 11.6 Å². The zero-order valence-corrected chi connectivity index (χ0v) is 12.9. The molecule has 0 amide bonds. The molecule has 1 fully saturated rings. The van der Waals surface area contributed by atoms with Crippen molar-refractivity contribution in [3.8, 4) is 0 Å². The summed E-state index contributed by atoms with van der Waals surface area (Å²) in [6.07, 6.45) is 1.14. The summed E-state index contributed by atoms with van der Waals surface area (Å²) in [5.74, 6) is 0.636. The van der Waals surface area contributed by atoms with Gasteiger partial charge < -0.3 is 5.32 Å². The third kappa shape index (κ3) is 4.31. The molecule has 5 nitrogen and oxygen atoms in total. The Labute approximate surface area is 129 Å². The summed E-state index contributed by atoms with van der Waals surface area (Å²) in [4.78, 5) is 12.9. The first-order valence-electron chi connectivity index (χ1n) is 6.40. The maximum absolute atomic E-state index is 11.0. The Balaban J connectivity index is 0.00000200. The molecule has 0 saturated carbocycles. The predicted molar refractivity (Wildman–Crippen MR) is 82.7 cm³/mol. The minimum atomic E-state index is -0.359. The number of rotatable bonds is 5. The fourth-order valence-corrected chi connectivity index (χ4v) is 2.76. The number of hydrogen-bond donors (Lipinski definition) is 1. The van der Waals surface area contributed by atoms with Crippen molar-refractivity contribution in [3.05, 3.63) is 38.9 Å². The second-order valence-electron chi connectivity index (χ2n) is 4.98. The molecule has 1 aromatic carbocycles. The van der Waals surface area contributed by atoms with Crippen molar-refractivity contribution in [3.63, 3.8) is 0 Å². The van der Waals surface area contributed by atoms with Gasteiger partial charge in [0, 0.05) is 29.7 Å². The Hall–Kier alpha value is -0.880. The van der Waals surface area contributed by atoms with E-state index < -0.39 is 0 Å². The Bertz CT molecular complexity index is 471. The number of nitrogens with zero attached hydrogens (tertiary/aromatic N) is 2. The average Bonchev–Trinajstić information content (AvgIpc) is 2.79. The average molecular weight is 320 g/mol. The van der Waals surface area contributed by atoms with Gasteiger partial charge in [-0.15, -0.1) is 12.4 Å². The van der Waals surface area contributed by atoms with Crippen LogP contribution < -0.4 is 5.32 Å². The second kappa shape index (κ2) is 7.78. The third-order valence-corrected chi connectivity index (χ3v) is 3.74. The van der Waals surface area contributed by atoms with Gasteiger partial charge in [-0.2, -0.15) is 0 Å². The van der Waals surface area contributed by atoms with E-state index in [9.17, 15) is 10.1 Å². The van der Waals surface area contributed by atoms with Gasteiger partial charge >= 0.3 is 0 Å². The fraction of sp³-hybridized carbons (Fsp3) is 0.538. The van der Waals surface area contributed by atoms with Gasteiger partial charge in [0.2, 0.25) is 0 Å². The summed E-state index contributed by atoms with van der Waals surface area (Å²) in [6.45, 7) is 3.60. The van der Waals surface area contributed by atoms with Gasteiger partial charge in [0.1, 0.15) is 0 Å². The van der Waals surface area contributed by atoms with Crippen LogP contribution in [0.4, 0.5) is 5.69 Å². The van der Waals surface area contributed by atoms with Gasteiger partial charge in [0.05, 0.1) is 4.92 Å². The minimum Gasteiger partial charge on any atom is -0.319 e. The summed E-state index contributed by atoms with van der Waals surface area (Å²) in [5.41, 5.74) is 0.851. The first kappa shape index (κ1) is 17.2. The fourth-order valence-electron chi connectivity index (χ4n) is 2.59. The molecular formula is C13H19Cl2N3O2. The lowest BCUT2D eigenvalue weighted by Crippen LogP contribution is -2.24. The van der Waals surface area contributed by atoms with E-state index in [1.807, 2.05) is 7.05 Å². The van der Waals surface area contributed by atoms with Crippen LogP contribution in [0.3, 0.4) is 0 Å². The van der Waals surface area contributed by atoms with Crippen LogP contribution in [0.2, 0.25) is 5.02 Å². The highest BCUT2D eigenvalue weighted by molar-refractivity contribution is 6.30. The number of benzene rings is 1. The zero-order valence-electron chi connectivity index (χ0n) is 11.3. The molecule has 1 aliphatic heterocycles. The van der Waals surface area contributed by atoms with E-state index >= 15 is 0 Å². The molecule has 1 aromatic rings. The zero-order chi connectivity index (χ0) is 13.8. The van der Waals surface area contributed by atoms with Crippen molar-refractivity contribution >= 4 is 29.7 Å². The largest absolute Gasteiger partial charge is 0.319 e. The Morgan fingerprint density at radius 1 is 1.55 bits per heavy atom. The van der Waals surface area contributed by atoms with Gasteiger partial charge in [-0.3, -0.25) is 15.0 Å². The molecule has 1 N–H and O–H groups in total. The van der Waals surface area contributed by atoms with Crippen LogP contribution in [0.15, 0.2) is 18.2 Å². The SMILES string of the molecule is CNCC1CCN(Cc2ccc(Cl)cc2[N+](=O)[O-])C1.Cl. The van der Waals surface area contributed by atoms with E-state index in [2.05, 4.69) is 10.2 Å². The molecular weight excluding hydrogens is 301 g/mol. The van der Waals surface area contributed by atoms with E-state index in [1.165, 1.54) is 6.07 Å². The summed E-state index contributed by atoms with van der Waals surface area (Å²) >= 11 is 5.82. The van der Waals surface area contributed by atoms with Crippen LogP contribution in [-0.2, 0) is 6.54 Å². The van der Waals surface area contributed by atoms with E-state index in [0.29, 0.717) is 17.5 Å². The number of hydrogen-bond acceptors (Lipinski definition) is 4. The molecule has 1 saturated heterocycles. The topological polar surface area (TPSA) is 58.4 Å². The smallest absolute Gasteiger partial charge is 0.275 e. The number of likely N-dealkylation sites (tertiary alicyclic amines) is 1. The number of nitro benzene ring substituents is 1. The van der Waals surface area contributed by atoms with Crippen molar-refractivity contribution in [2.45, 2.75) is 13.0 Å². The summed E-state index contributed by atoms with van der Waals surface area (Å²) < 4.78 is 0. The van der Waals surface area contributed by atoms with E-state index in [1.54, 1.807) is 12.1 Å². The van der Waals surface area contributed by atoms with E-state index in [0.717, 1.165) is 31.6 Å². The van der Waals surface area contributed by atoms with Crippen molar-refractivity contribution in [1.82, 2.24) is 10.2 Å².